The summed E-state index contributed by atoms with van der Waals surface area (Å²) in [5.41, 5.74) is 1.76. The molecule has 2 rings (SSSR count). The minimum absolute atomic E-state index is 0.0147. The summed E-state index contributed by atoms with van der Waals surface area (Å²) in [5, 5.41) is 4.16. The van der Waals surface area contributed by atoms with Crippen molar-refractivity contribution in [3.8, 4) is 0 Å². The number of nitrogens with zero attached hydrogens (tertiary/aromatic N) is 2. The molecule has 0 aliphatic rings. The Morgan fingerprint density at radius 2 is 1.66 bits per heavy atom. The van der Waals surface area contributed by atoms with Crippen molar-refractivity contribution < 1.29 is 18.0 Å². The van der Waals surface area contributed by atoms with Gasteiger partial charge in [-0.2, -0.15) is 0 Å². The topological polar surface area (TPSA) is 86.8 Å². The molecule has 2 aromatic carbocycles. The van der Waals surface area contributed by atoms with Crippen molar-refractivity contribution in [1.29, 1.82) is 0 Å². The summed E-state index contributed by atoms with van der Waals surface area (Å²) in [6.45, 7) is 7.62. The standard InChI is InChI=1S/C27H36Cl3N3O4S/c1-6-19(4)31-27(35)24(7-2)32(17-21-22(29)10-8-11-23(21)30)26(34)12-9-15-33(38(5,36)37)25-16-20(28)14-13-18(25)3/h8,10-11,13-14,16,19,24H,6-7,9,12,15,17H2,1-5H3,(H,31,35)/t19-,24-/m0/s1. The van der Waals surface area contributed by atoms with E-state index in [1.807, 2.05) is 20.8 Å². The molecule has 1 N–H and O–H groups in total. The lowest BCUT2D eigenvalue weighted by atomic mass is 10.1. The molecule has 0 aliphatic heterocycles. The molecule has 11 heteroatoms. The molecule has 210 valence electrons. The molecule has 0 aliphatic carbocycles. The van der Waals surface area contributed by atoms with Gasteiger partial charge in [-0.05, 0) is 62.9 Å². The van der Waals surface area contributed by atoms with Gasteiger partial charge in [-0.3, -0.25) is 13.9 Å². The van der Waals surface area contributed by atoms with Gasteiger partial charge >= 0.3 is 0 Å². The number of anilines is 1. The van der Waals surface area contributed by atoms with Gasteiger partial charge in [-0.15, -0.1) is 0 Å². The zero-order valence-electron chi connectivity index (χ0n) is 22.4. The molecule has 2 amide bonds. The molecule has 2 atom stereocenters. The third-order valence-electron chi connectivity index (χ3n) is 6.37. The number of rotatable bonds is 13. The number of sulfonamides is 1. The van der Waals surface area contributed by atoms with E-state index in [1.165, 1.54) is 9.21 Å². The normalized spacial score (nSPS) is 13.1. The van der Waals surface area contributed by atoms with Crippen LogP contribution in [0.25, 0.3) is 0 Å². The number of aryl methyl sites for hydroxylation is 1. The van der Waals surface area contributed by atoms with Gasteiger partial charge in [0.05, 0.1) is 11.9 Å². The first-order valence-corrected chi connectivity index (χ1v) is 15.5. The first-order chi connectivity index (χ1) is 17.8. The van der Waals surface area contributed by atoms with Crippen LogP contribution in [0.1, 0.15) is 57.6 Å². The number of carbonyl (C=O) groups excluding carboxylic acids is 2. The van der Waals surface area contributed by atoms with E-state index in [1.54, 1.807) is 43.3 Å². The molecule has 0 saturated heterocycles. The van der Waals surface area contributed by atoms with Crippen LogP contribution in [0.2, 0.25) is 15.1 Å². The van der Waals surface area contributed by atoms with Gasteiger partial charge in [0, 0.05) is 46.2 Å². The van der Waals surface area contributed by atoms with Crippen LogP contribution in [0.3, 0.4) is 0 Å². The SMILES string of the molecule is CC[C@H](C)NC(=O)[C@H](CC)N(Cc1c(Cl)cccc1Cl)C(=O)CCCN(c1cc(Cl)ccc1C)S(C)(=O)=O. The van der Waals surface area contributed by atoms with Crippen LogP contribution in [0.5, 0.6) is 0 Å². The van der Waals surface area contributed by atoms with Crippen LogP contribution >= 0.6 is 34.8 Å². The summed E-state index contributed by atoms with van der Waals surface area (Å²) in [5.74, 6) is -0.561. The van der Waals surface area contributed by atoms with Crippen LogP contribution in [-0.2, 0) is 26.2 Å². The Kier molecular flexibility index (Phi) is 12.2. The maximum Gasteiger partial charge on any atom is 0.243 e. The van der Waals surface area contributed by atoms with E-state index >= 15 is 0 Å². The molecule has 7 nitrogen and oxygen atoms in total. The highest BCUT2D eigenvalue weighted by Gasteiger charge is 2.30. The van der Waals surface area contributed by atoms with Crippen LogP contribution in [0, 0.1) is 6.92 Å². The number of amides is 2. The Hall–Kier alpha value is -2.00. The van der Waals surface area contributed by atoms with Crippen LogP contribution in [0.4, 0.5) is 5.69 Å². The fraction of sp³-hybridized carbons (Fsp3) is 0.481. The predicted octanol–water partition coefficient (Wildman–Crippen LogP) is 6.22. The molecular weight excluding hydrogens is 569 g/mol. The first kappa shape index (κ1) is 32.2. The summed E-state index contributed by atoms with van der Waals surface area (Å²) in [7, 11) is -3.64. The van der Waals surface area contributed by atoms with E-state index in [0.29, 0.717) is 32.7 Å². The van der Waals surface area contributed by atoms with Crippen molar-refractivity contribution in [2.75, 3.05) is 17.1 Å². The highest BCUT2D eigenvalue weighted by molar-refractivity contribution is 7.92. The van der Waals surface area contributed by atoms with Gasteiger partial charge in [-0.25, -0.2) is 8.42 Å². The van der Waals surface area contributed by atoms with Gasteiger partial charge in [0.15, 0.2) is 0 Å². The Morgan fingerprint density at radius 1 is 1.03 bits per heavy atom. The molecular formula is C27H36Cl3N3O4S. The molecule has 2 aromatic rings. The van der Waals surface area contributed by atoms with Gasteiger partial charge in [0.1, 0.15) is 6.04 Å². The molecule has 0 spiro atoms. The number of carbonyl (C=O) groups is 2. The Morgan fingerprint density at radius 3 is 2.21 bits per heavy atom. The second-order valence-corrected chi connectivity index (χ2v) is 12.5. The van der Waals surface area contributed by atoms with E-state index < -0.39 is 16.1 Å². The first-order valence-electron chi connectivity index (χ1n) is 12.6. The fourth-order valence-corrected chi connectivity index (χ4v) is 5.75. The molecule has 0 unspecified atom stereocenters. The summed E-state index contributed by atoms with van der Waals surface area (Å²) in [6.07, 6.45) is 2.49. The molecule has 0 fully saturated rings. The monoisotopic (exact) mass is 603 g/mol. The second kappa shape index (κ2) is 14.4. The minimum atomic E-state index is -3.64. The van der Waals surface area contributed by atoms with E-state index in [0.717, 1.165) is 18.2 Å². The largest absolute Gasteiger partial charge is 0.352 e. The second-order valence-electron chi connectivity index (χ2n) is 9.33. The lowest BCUT2D eigenvalue weighted by Crippen LogP contribution is -2.50. The molecule has 0 aromatic heterocycles. The highest BCUT2D eigenvalue weighted by Crippen LogP contribution is 2.29. The van der Waals surface area contributed by atoms with E-state index in [2.05, 4.69) is 5.32 Å². The Labute approximate surface area is 241 Å². The lowest BCUT2D eigenvalue weighted by molar-refractivity contribution is -0.141. The third kappa shape index (κ3) is 8.76. The average Bonchev–Trinajstić information content (AvgIpc) is 2.84. The molecule has 0 radical (unpaired) electrons. The van der Waals surface area contributed by atoms with Crippen LogP contribution in [-0.4, -0.2) is 50.0 Å². The number of nitrogens with one attached hydrogen (secondary N) is 1. The Bertz CT molecular complexity index is 1220. The third-order valence-corrected chi connectivity index (χ3v) is 8.49. The maximum absolute atomic E-state index is 13.6. The smallest absolute Gasteiger partial charge is 0.243 e. The van der Waals surface area contributed by atoms with Crippen LogP contribution < -0.4 is 9.62 Å². The van der Waals surface area contributed by atoms with Crippen molar-refractivity contribution >= 4 is 62.3 Å². The zero-order valence-corrected chi connectivity index (χ0v) is 25.5. The fourth-order valence-electron chi connectivity index (χ4n) is 4.05. The number of halogens is 3. The zero-order chi connectivity index (χ0) is 28.6. The van der Waals surface area contributed by atoms with Crippen LogP contribution in [0.15, 0.2) is 36.4 Å². The highest BCUT2D eigenvalue weighted by atomic mass is 35.5. The number of benzene rings is 2. The molecule has 0 heterocycles. The summed E-state index contributed by atoms with van der Waals surface area (Å²) < 4.78 is 26.5. The maximum atomic E-state index is 13.6. The average molecular weight is 605 g/mol. The molecule has 0 saturated carbocycles. The van der Waals surface area contributed by atoms with Crippen molar-refractivity contribution in [2.45, 2.75) is 72.0 Å². The van der Waals surface area contributed by atoms with Crippen molar-refractivity contribution in [3.63, 3.8) is 0 Å². The lowest BCUT2D eigenvalue weighted by Gasteiger charge is -2.32. The van der Waals surface area contributed by atoms with Crippen molar-refractivity contribution in [2.24, 2.45) is 0 Å². The summed E-state index contributed by atoms with van der Waals surface area (Å²) >= 11 is 18.9. The van der Waals surface area contributed by atoms with E-state index in [9.17, 15) is 18.0 Å². The summed E-state index contributed by atoms with van der Waals surface area (Å²) in [6, 6.07) is 9.32. The van der Waals surface area contributed by atoms with Gasteiger partial charge < -0.3 is 10.2 Å². The number of hydrogen-bond donors (Lipinski definition) is 1. The summed E-state index contributed by atoms with van der Waals surface area (Å²) in [4.78, 5) is 28.2. The van der Waals surface area contributed by atoms with Crippen molar-refractivity contribution in [1.82, 2.24) is 10.2 Å². The minimum Gasteiger partial charge on any atom is -0.352 e. The predicted molar refractivity (Wildman–Crippen MR) is 157 cm³/mol. The van der Waals surface area contributed by atoms with Crippen molar-refractivity contribution in [3.05, 3.63) is 62.6 Å². The van der Waals surface area contributed by atoms with Gasteiger partial charge in [0.2, 0.25) is 21.8 Å². The number of hydrogen-bond acceptors (Lipinski definition) is 4. The van der Waals surface area contributed by atoms with E-state index in [-0.39, 0.29) is 43.8 Å². The Balaban J connectivity index is 2.32. The quantitative estimate of drug-likeness (QED) is 0.294. The van der Waals surface area contributed by atoms with E-state index in [4.69, 9.17) is 34.8 Å². The van der Waals surface area contributed by atoms with Gasteiger partial charge in [-0.1, -0.05) is 60.8 Å². The molecule has 0 bridgehead atoms. The molecule has 38 heavy (non-hydrogen) atoms. The van der Waals surface area contributed by atoms with Gasteiger partial charge in [0.25, 0.3) is 0 Å².